The Hall–Kier alpha value is -1.38. The molecule has 0 heterocycles. The van der Waals surface area contributed by atoms with E-state index >= 15 is 0 Å². The number of carbonyl (C=O) groups is 1. The van der Waals surface area contributed by atoms with Crippen LogP contribution in [-0.2, 0) is 0 Å². The van der Waals surface area contributed by atoms with Crippen molar-refractivity contribution in [2.45, 2.75) is 13.3 Å². The normalized spacial score (nSPS) is 9.69. The summed E-state index contributed by atoms with van der Waals surface area (Å²) in [5.74, 6) is -0.287. The van der Waals surface area contributed by atoms with Gasteiger partial charge in [0.25, 0.3) is 0 Å². The van der Waals surface area contributed by atoms with Crippen LogP contribution in [0.4, 0.5) is 4.39 Å². The van der Waals surface area contributed by atoms with Crippen molar-refractivity contribution in [3.8, 4) is 5.75 Å². The lowest BCUT2D eigenvalue weighted by Crippen LogP contribution is -1.97. The SMILES string of the molecule is CCCOc1ccc(C=O)cc1F. The molecule has 0 aromatic heterocycles. The molecule has 1 rings (SSSR count). The first kappa shape index (κ1) is 9.71. The predicted molar refractivity (Wildman–Crippen MR) is 47.6 cm³/mol. The largest absolute Gasteiger partial charge is 0.491 e. The van der Waals surface area contributed by atoms with Gasteiger partial charge >= 0.3 is 0 Å². The van der Waals surface area contributed by atoms with E-state index in [2.05, 4.69) is 0 Å². The van der Waals surface area contributed by atoms with Crippen LogP contribution in [0.5, 0.6) is 5.75 Å². The lowest BCUT2D eigenvalue weighted by Gasteiger charge is -2.05. The van der Waals surface area contributed by atoms with Gasteiger partial charge in [-0.1, -0.05) is 6.92 Å². The molecular formula is C10H11FO2. The number of halogens is 1. The summed E-state index contributed by atoms with van der Waals surface area (Å²) < 4.78 is 18.2. The molecule has 13 heavy (non-hydrogen) atoms. The van der Waals surface area contributed by atoms with Gasteiger partial charge in [0.1, 0.15) is 6.29 Å². The van der Waals surface area contributed by atoms with Gasteiger partial charge in [-0.05, 0) is 24.6 Å². The molecule has 1 aromatic carbocycles. The summed E-state index contributed by atoms with van der Waals surface area (Å²) in [7, 11) is 0. The highest BCUT2D eigenvalue weighted by Gasteiger charge is 2.03. The van der Waals surface area contributed by atoms with Crippen molar-refractivity contribution in [3.63, 3.8) is 0 Å². The Labute approximate surface area is 76.3 Å². The molecule has 2 nitrogen and oxygen atoms in total. The summed E-state index contributed by atoms with van der Waals surface area (Å²) in [4.78, 5) is 10.3. The van der Waals surface area contributed by atoms with Crippen molar-refractivity contribution >= 4 is 6.29 Å². The standard InChI is InChI=1S/C10H11FO2/c1-2-5-13-10-4-3-8(7-12)6-9(10)11/h3-4,6-7H,2,5H2,1H3. The van der Waals surface area contributed by atoms with Crippen LogP contribution in [0.3, 0.4) is 0 Å². The van der Waals surface area contributed by atoms with Crippen LogP contribution in [-0.4, -0.2) is 12.9 Å². The smallest absolute Gasteiger partial charge is 0.165 e. The minimum absolute atomic E-state index is 0.201. The van der Waals surface area contributed by atoms with Crippen LogP contribution < -0.4 is 4.74 Å². The zero-order chi connectivity index (χ0) is 9.68. The van der Waals surface area contributed by atoms with Crippen molar-refractivity contribution in [1.82, 2.24) is 0 Å². The molecule has 3 heteroatoms. The number of ether oxygens (including phenoxy) is 1. The van der Waals surface area contributed by atoms with Crippen LogP contribution in [0.2, 0.25) is 0 Å². The highest BCUT2D eigenvalue weighted by molar-refractivity contribution is 5.74. The average Bonchev–Trinajstić information content (AvgIpc) is 2.16. The number of benzene rings is 1. The molecule has 1 aromatic rings. The third kappa shape index (κ3) is 2.54. The predicted octanol–water partition coefficient (Wildman–Crippen LogP) is 2.43. The summed E-state index contributed by atoms with van der Waals surface area (Å²) in [6.45, 7) is 2.43. The van der Waals surface area contributed by atoms with Crippen molar-refractivity contribution in [2.24, 2.45) is 0 Å². The second-order valence-electron chi connectivity index (χ2n) is 2.66. The van der Waals surface area contributed by atoms with Gasteiger partial charge in [-0.3, -0.25) is 4.79 Å². The topological polar surface area (TPSA) is 26.3 Å². The lowest BCUT2D eigenvalue weighted by atomic mass is 10.2. The van der Waals surface area contributed by atoms with Crippen molar-refractivity contribution in [2.75, 3.05) is 6.61 Å². The molecule has 70 valence electrons. The zero-order valence-corrected chi connectivity index (χ0v) is 7.42. The molecule has 0 saturated carbocycles. The van der Waals surface area contributed by atoms with Gasteiger partial charge in [0.2, 0.25) is 0 Å². The molecule has 0 bridgehead atoms. The van der Waals surface area contributed by atoms with Crippen LogP contribution in [0, 0.1) is 5.82 Å². The highest BCUT2D eigenvalue weighted by atomic mass is 19.1. The Morgan fingerprint density at radius 2 is 2.31 bits per heavy atom. The van der Waals surface area contributed by atoms with Crippen LogP contribution in [0.15, 0.2) is 18.2 Å². The Kier molecular flexibility index (Phi) is 3.43. The number of hydrogen-bond acceptors (Lipinski definition) is 2. The van der Waals surface area contributed by atoms with E-state index in [0.717, 1.165) is 12.5 Å². The van der Waals surface area contributed by atoms with E-state index in [1.54, 1.807) is 0 Å². The Morgan fingerprint density at radius 1 is 1.54 bits per heavy atom. The monoisotopic (exact) mass is 182 g/mol. The number of aldehydes is 1. The molecule has 0 aliphatic carbocycles. The highest BCUT2D eigenvalue weighted by Crippen LogP contribution is 2.17. The maximum absolute atomic E-state index is 13.1. The fraction of sp³-hybridized carbons (Fsp3) is 0.300. The average molecular weight is 182 g/mol. The van der Waals surface area contributed by atoms with Crippen LogP contribution in [0.25, 0.3) is 0 Å². The van der Waals surface area contributed by atoms with E-state index < -0.39 is 5.82 Å². The third-order valence-electron chi connectivity index (χ3n) is 1.55. The van der Waals surface area contributed by atoms with Crippen LogP contribution in [0.1, 0.15) is 23.7 Å². The quantitative estimate of drug-likeness (QED) is 0.668. The van der Waals surface area contributed by atoms with E-state index in [9.17, 15) is 9.18 Å². The van der Waals surface area contributed by atoms with Gasteiger partial charge in [-0.25, -0.2) is 4.39 Å². The van der Waals surface area contributed by atoms with Crippen molar-refractivity contribution in [1.29, 1.82) is 0 Å². The van der Waals surface area contributed by atoms with E-state index in [-0.39, 0.29) is 5.75 Å². The molecule has 0 radical (unpaired) electrons. The van der Waals surface area contributed by atoms with Gasteiger partial charge in [0, 0.05) is 5.56 Å². The minimum Gasteiger partial charge on any atom is -0.491 e. The maximum atomic E-state index is 13.1. The molecule has 0 amide bonds. The first-order valence-electron chi connectivity index (χ1n) is 4.15. The molecule has 0 unspecified atom stereocenters. The second-order valence-corrected chi connectivity index (χ2v) is 2.66. The maximum Gasteiger partial charge on any atom is 0.165 e. The van der Waals surface area contributed by atoms with E-state index in [4.69, 9.17) is 4.74 Å². The van der Waals surface area contributed by atoms with Gasteiger partial charge in [-0.15, -0.1) is 0 Å². The summed E-state index contributed by atoms with van der Waals surface area (Å²) >= 11 is 0. The first-order valence-corrected chi connectivity index (χ1v) is 4.15. The zero-order valence-electron chi connectivity index (χ0n) is 7.42. The van der Waals surface area contributed by atoms with Gasteiger partial charge in [0.05, 0.1) is 6.61 Å². The van der Waals surface area contributed by atoms with Gasteiger partial charge in [-0.2, -0.15) is 0 Å². The van der Waals surface area contributed by atoms with Gasteiger partial charge in [0.15, 0.2) is 11.6 Å². The molecule has 0 fully saturated rings. The minimum atomic E-state index is -0.488. The van der Waals surface area contributed by atoms with E-state index in [1.165, 1.54) is 12.1 Å². The number of carbonyl (C=O) groups excluding carboxylic acids is 1. The fourth-order valence-corrected chi connectivity index (χ4v) is 0.919. The summed E-state index contributed by atoms with van der Waals surface area (Å²) in [6.07, 6.45) is 1.43. The first-order chi connectivity index (χ1) is 6.27. The molecule has 0 N–H and O–H groups in total. The number of hydrogen-bond donors (Lipinski definition) is 0. The Balaban J connectivity index is 2.79. The molecule has 0 saturated heterocycles. The van der Waals surface area contributed by atoms with Gasteiger partial charge < -0.3 is 4.74 Å². The third-order valence-corrected chi connectivity index (χ3v) is 1.55. The summed E-state index contributed by atoms with van der Waals surface area (Å²) in [6, 6.07) is 4.16. The second kappa shape index (κ2) is 4.60. The van der Waals surface area contributed by atoms with E-state index in [0.29, 0.717) is 18.5 Å². The van der Waals surface area contributed by atoms with Crippen LogP contribution >= 0.6 is 0 Å². The van der Waals surface area contributed by atoms with E-state index in [1.807, 2.05) is 6.92 Å². The summed E-state index contributed by atoms with van der Waals surface area (Å²) in [5, 5.41) is 0. The molecule has 0 atom stereocenters. The van der Waals surface area contributed by atoms with Crippen molar-refractivity contribution in [3.05, 3.63) is 29.6 Å². The molecule has 0 aliphatic heterocycles. The molecule has 0 spiro atoms. The lowest BCUT2D eigenvalue weighted by molar-refractivity contribution is 0.112. The molecular weight excluding hydrogens is 171 g/mol. The summed E-state index contributed by atoms with van der Waals surface area (Å²) in [5.41, 5.74) is 0.321. The molecule has 0 aliphatic rings. The fourth-order valence-electron chi connectivity index (χ4n) is 0.919. The van der Waals surface area contributed by atoms with Crippen molar-refractivity contribution < 1.29 is 13.9 Å². The Morgan fingerprint density at radius 3 is 2.85 bits per heavy atom. The Bertz CT molecular complexity index is 297. The number of rotatable bonds is 4.